The Kier molecular flexibility index (Phi) is 4.29. The van der Waals surface area contributed by atoms with E-state index in [4.69, 9.17) is 0 Å². The molecule has 2 nitrogen and oxygen atoms in total. The average Bonchev–Trinajstić information content (AvgIpc) is 2.23. The van der Waals surface area contributed by atoms with Crippen molar-refractivity contribution in [1.82, 2.24) is 0 Å². The number of rotatable bonds is 2. The monoisotopic (exact) mass is 246 g/mol. The maximum atomic E-state index is 9.69. The maximum Gasteiger partial charge on any atom is 0.122 e. The normalized spacial score (nSPS) is 12.7. The second kappa shape index (κ2) is 5.35. The van der Waals surface area contributed by atoms with Gasteiger partial charge in [-0.1, -0.05) is 12.8 Å². The lowest BCUT2D eigenvalue weighted by Crippen LogP contribution is -2.00. The average molecular weight is 246 g/mol. The fourth-order valence-electron chi connectivity index (χ4n) is 1.58. The van der Waals surface area contributed by atoms with Gasteiger partial charge in [-0.25, -0.2) is 0 Å². The van der Waals surface area contributed by atoms with Crippen LogP contribution < -0.4 is 0 Å². The number of phenolic OH excluding ortho intramolecular Hbond substituents is 2. The molecule has 1 unspecified atom stereocenters. The van der Waals surface area contributed by atoms with Gasteiger partial charge in [-0.05, 0) is 51.3 Å². The Balaban J connectivity index is 2.85. The summed E-state index contributed by atoms with van der Waals surface area (Å²) in [6.07, 6.45) is 0.721. The molecule has 0 aliphatic rings. The lowest BCUT2D eigenvalue weighted by molar-refractivity contribution is 0.441. The highest BCUT2D eigenvalue weighted by Gasteiger charge is 2.10. The van der Waals surface area contributed by atoms with E-state index in [9.17, 15) is 10.2 Å². The second-order valence-electron chi connectivity index (χ2n) is 5.84. The predicted octanol–water partition coefficient (Wildman–Crippen LogP) is 3.95. The minimum Gasteiger partial charge on any atom is -0.508 e. The van der Waals surface area contributed by atoms with Crippen molar-refractivity contribution >= 4 is 0 Å². The zero-order valence-corrected chi connectivity index (χ0v) is 11.8. The van der Waals surface area contributed by atoms with Crippen LogP contribution in [0.2, 0.25) is 0 Å². The second-order valence-corrected chi connectivity index (χ2v) is 5.84. The molecule has 98 valence electrons. The first-order valence-corrected chi connectivity index (χ1v) is 6.23. The summed E-state index contributed by atoms with van der Waals surface area (Å²) in [5.41, 5.74) is 1.45. The summed E-state index contributed by atoms with van der Waals surface area (Å²) in [6, 6.07) is 3.41. The Morgan fingerprint density at radius 1 is 1.17 bits per heavy atom. The predicted molar refractivity (Wildman–Crippen MR) is 74.8 cm³/mol. The van der Waals surface area contributed by atoms with Crippen LogP contribution in [0, 0.1) is 24.2 Å². The van der Waals surface area contributed by atoms with E-state index in [0.29, 0.717) is 5.56 Å². The fraction of sp³-hybridized carbons (Fsp3) is 0.500. The molecule has 1 atom stereocenters. The molecule has 1 rings (SSSR count). The Morgan fingerprint density at radius 3 is 2.11 bits per heavy atom. The number of benzene rings is 1. The summed E-state index contributed by atoms with van der Waals surface area (Å²) in [5, 5.41) is 19.4. The third kappa shape index (κ3) is 4.00. The van der Waals surface area contributed by atoms with Crippen LogP contribution in [-0.4, -0.2) is 10.2 Å². The molecule has 1 aromatic carbocycles. The Morgan fingerprint density at radius 2 is 1.67 bits per heavy atom. The topological polar surface area (TPSA) is 40.5 Å². The van der Waals surface area contributed by atoms with Gasteiger partial charge in [0.25, 0.3) is 0 Å². The van der Waals surface area contributed by atoms with E-state index >= 15 is 0 Å². The molecule has 2 heteroatoms. The van der Waals surface area contributed by atoms with E-state index in [0.717, 1.165) is 12.0 Å². The van der Waals surface area contributed by atoms with Crippen LogP contribution in [0.1, 0.15) is 51.2 Å². The van der Waals surface area contributed by atoms with Crippen molar-refractivity contribution in [3.8, 4) is 23.3 Å². The quantitative estimate of drug-likeness (QED) is 0.776. The van der Waals surface area contributed by atoms with Crippen LogP contribution in [0.4, 0.5) is 0 Å². The molecular weight excluding hydrogens is 224 g/mol. The number of hydrogen-bond donors (Lipinski definition) is 2. The maximum absolute atomic E-state index is 9.69. The SMILES string of the molecule is Cc1c(O)cc(C(C)CC#CC(C)(C)C)cc1O. The minimum absolute atomic E-state index is 0.0112. The van der Waals surface area contributed by atoms with Gasteiger partial charge in [-0.15, -0.1) is 5.92 Å². The van der Waals surface area contributed by atoms with Crippen LogP contribution >= 0.6 is 0 Å². The summed E-state index contributed by atoms with van der Waals surface area (Å²) < 4.78 is 0. The third-order valence-electron chi connectivity index (χ3n) is 2.82. The molecular formula is C16H22O2. The Bertz CT molecular complexity index is 461. The molecule has 0 spiro atoms. The largest absolute Gasteiger partial charge is 0.508 e. The molecule has 0 radical (unpaired) electrons. The van der Waals surface area contributed by atoms with Crippen molar-refractivity contribution < 1.29 is 10.2 Å². The summed E-state index contributed by atoms with van der Waals surface area (Å²) in [6.45, 7) is 9.97. The molecule has 0 saturated carbocycles. The molecule has 2 N–H and O–H groups in total. The first-order chi connectivity index (χ1) is 8.20. The number of phenols is 2. The van der Waals surface area contributed by atoms with Crippen LogP contribution in [0.3, 0.4) is 0 Å². The molecule has 0 aromatic heterocycles. The Hall–Kier alpha value is -1.62. The van der Waals surface area contributed by atoms with E-state index in [-0.39, 0.29) is 22.8 Å². The summed E-state index contributed by atoms with van der Waals surface area (Å²) in [4.78, 5) is 0. The highest BCUT2D eigenvalue weighted by molar-refractivity contribution is 5.46. The van der Waals surface area contributed by atoms with E-state index in [1.165, 1.54) is 0 Å². The van der Waals surface area contributed by atoms with Crippen LogP contribution in [-0.2, 0) is 0 Å². The highest BCUT2D eigenvalue weighted by atomic mass is 16.3. The Labute approximate surface area is 110 Å². The minimum atomic E-state index is 0.0112. The van der Waals surface area contributed by atoms with Gasteiger partial charge in [0.2, 0.25) is 0 Å². The lowest BCUT2D eigenvalue weighted by Gasteiger charge is -2.12. The van der Waals surface area contributed by atoms with E-state index in [1.54, 1.807) is 19.1 Å². The van der Waals surface area contributed by atoms with Gasteiger partial charge in [-0.3, -0.25) is 0 Å². The van der Waals surface area contributed by atoms with Crippen molar-refractivity contribution in [2.24, 2.45) is 5.41 Å². The van der Waals surface area contributed by atoms with Crippen molar-refractivity contribution in [2.45, 2.75) is 47.0 Å². The van der Waals surface area contributed by atoms with Crippen molar-refractivity contribution in [3.63, 3.8) is 0 Å². The van der Waals surface area contributed by atoms with Crippen LogP contribution in [0.25, 0.3) is 0 Å². The van der Waals surface area contributed by atoms with Gasteiger partial charge in [-0.2, -0.15) is 0 Å². The number of aromatic hydroxyl groups is 2. The standard InChI is InChI=1S/C16H22O2/c1-11(7-6-8-16(3,4)5)13-9-14(17)12(2)15(18)10-13/h9-11,17-18H,7H2,1-5H3. The van der Waals surface area contributed by atoms with E-state index < -0.39 is 0 Å². The molecule has 1 aromatic rings. The van der Waals surface area contributed by atoms with Crippen molar-refractivity contribution in [1.29, 1.82) is 0 Å². The molecule has 0 bridgehead atoms. The summed E-state index contributed by atoms with van der Waals surface area (Å²) >= 11 is 0. The van der Waals surface area contributed by atoms with Crippen molar-refractivity contribution in [3.05, 3.63) is 23.3 Å². The van der Waals surface area contributed by atoms with Crippen molar-refractivity contribution in [2.75, 3.05) is 0 Å². The van der Waals surface area contributed by atoms with Gasteiger partial charge in [0, 0.05) is 17.4 Å². The highest BCUT2D eigenvalue weighted by Crippen LogP contribution is 2.32. The smallest absolute Gasteiger partial charge is 0.122 e. The third-order valence-corrected chi connectivity index (χ3v) is 2.82. The van der Waals surface area contributed by atoms with Gasteiger partial charge >= 0.3 is 0 Å². The van der Waals surface area contributed by atoms with E-state index in [2.05, 4.69) is 32.6 Å². The molecule has 18 heavy (non-hydrogen) atoms. The van der Waals surface area contributed by atoms with Crippen LogP contribution in [0.5, 0.6) is 11.5 Å². The van der Waals surface area contributed by atoms with Gasteiger partial charge < -0.3 is 10.2 Å². The molecule has 0 aliphatic heterocycles. The lowest BCUT2D eigenvalue weighted by atomic mass is 9.94. The first-order valence-electron chi connectivity index (χ1n) is 6.23. The zero-order chi connectivity index (χ0) is 13.9. The molecule has 0 amide bonds. The van der Waals surface area contributed by atoms with Gasteiger partial charge in [0.15, 0.2) is 0 Å². The summed E-state index contributed by atoms with van der Waals surface area (Å²) in [5.74, 6) is 6.82. The molecule has 0 fully saturated rings. The zero-order valence-electron chi connectivity index (χ0n) is 11.8. The molecule has 0 saturated heterocycles. The van der Waals surface area contributed by atoms with Crippen LogP contribution in [0.15, 0.2) is 12.1 Å². The molecule has 0 heterocycles. The first kappa shape index (κ1) is 14.4. The van der Waals surface area contributed by atoms with Gasteiger partial charge in [0.05, 0.1) is 0 Å². The fourth-order valence-corrected chi connectivity index (χ4v) is 1.58. The number of hydrogen-bond acceptors (Lipinski definition) is 2. The molecule has 0 aliphatic carbocycles. The van der Waals surface area contributed by atoms with E-state index in [1.807, 2.05) is 6.92 Å². The van der Waals surface area contributed by atoms with Gasteiger partial charge in [0.1, 0.15) is 11.5 Å². The summed E-state index contributed by atoms with van der Waals surface area (Å²) in [7, 11) is 0.